The van der Waals surface area contributed by atoms with Gasteiger partial charge < -0.3 is 4.57 Å². The molecule has 0 saturated heterocycles. The average molecular weight is 136 g/mol. The largest absolute Gasteiger partial charge is 0.331 e. The second-order valence-corrected chi connectivity index (χ2v) is 2.56. The minimum Gasteiger partial charge on any atom is -0.331 e. The Morgan fingerprint density at radius 3 is 2.90 bits per heavy atom. The second kappa shape index (κ2) is 2.69. The molecule has 1 aromatic rings. The standard InChI is InChI=1S/C8H12N2/c1-7(2)6-10-5-4-9-8(10)3/h4-5H,1,6H2,2-3H3. The molecule has 10 heavy (non-hydrogen) atoms. The van der Waals surface area contributed by atoms with Gasteiger partial charge in [-0.15, -0.1) is 0 Å². The molecule has 0 unspecified atom stereocenters. The predicted molar refractivity (Wildman–Crippen MR) is 41.8 cm³/mol. The summed E-state index contributed by atoms with van der Waals surface area (Å²) in [7, 11) is 0. The molecule has 1 rings (SSSR count). The van der Waals surface area contributed by atoms with Crippen LogP contribution in [0.15, 0.2) is 24.5 Å². The molecule has 1 aromatic heterocycles. The molecule has 54 valence electrons. The third kappa shape index (κ3) is 1.47. The van der Waals surface area contributed by atoms with Crippen LogP contribution in [-0.4, -0.2) is 9.55 Å². The maximum atomic E-state index is 4.09. The van der Waals surface area contributed by atoms with E-state index in [4.69, 9.17) is 0 Å². The van der Waals surface area contributed by atoms with Crippen LogP contribution in [-0.2, 0) is 6.54 Å². The van der Waals surface area contributed by atoms with Gasteiger partial charge >= 0.3 is 0 Å². The van der Waals surface area contributed by atoms with Crippen molar-refractivity contribution >= 4 is 0 Å². The number of nitrogens with zero attached hydrogens (tertiary/aromatic N) is 2. The number of rotatable bonds is 2. The van der Waals surface area contributed by atoms with E-state index in [1.807, 2.05) is 20.0 Å². The molecule has 0 spiro atoms. The molecule has 0 aliphatic carbocycles. The zero-order valence-electron chi connectivity index (χ0n) is 6.46. The lowest BCUT2D eigenvalue weighted by molar-refractivity contribution is 0.751. The van der Waals surface area contributed by atoms with E-state index >= 15 is 0 Å². The normalized spacial score (nSPS) is 9.80. The van der Waals surface area contributed by atoms with Gasteiger partial charge in [-0.2, -0.15) is 0 Å². The summed E-state index contributed by atoms with van der Waals surface area (Å²) in [6.45, 7) is 8.71. The Balaban J connectivity index is 2.74. The highest BCUT2D eigenvalue weighted by Crippen LogP contribution is 1.99. The van der Waals surface area contributed by atoms with Crippen LogP contribution in [0.4, 0.5) is 0 Å². The molecule has 0 bridgehead atoms. The Morgan fingerprint density at radius 1 is 1.80 bits per heavy atom. The van der Waals surface area contributed by atoms with Crippen molar-refractivity contribution in [3.8, 4) is 0 Å². The summed E-state index contributed by atoms with van der Waals surface area (Å²) in [5, 5.41) is 0. The van der Waals surface area contributed by atoms with Crippen LogP contribution in [0.2, 0.25) is 0 Å². The van der Waals surface area contributed by atoms with Crippen molar-refractivity contribution in [1.82, 2.24) is 9.55 Å². The number of hydrogen-bond acceptors (Lipinski definition) is 1. The lowest BCUT2D eigenvalue weighted by Gasteiger charge is -2.02. The van der Waals surface area contributed by atoms with Crippen LogP contribution < -0.4 is 0 Å². The maximum Gasteiger partial charge on any atom is 0.105 e. The summed E-state index contributed by atoms with van der Waals surface area (Å²) < 4.78 is 2.07. The average Bonchev–Trinajstić information content (AvgIpc) is 2.15. The molecular formula is C8H12N2. The minimum atomic E-state index is 0.881. The van der Waals surface area contributed by atoms with Crippen molar-refractivity contribution in [2.24, 2.45) is 0 Å². The molecule has 0 saturated carbocycles. The monoisotopic (exact) mass is 136 g/mol. The van der Waals surface area contributed by atoms with Gasteiger partial charge in [0.25, 0.3) is 0 Å². The van der Waals surface area contributed by atoms with Crippen LogP contribution in [0.3, 0.4) is 0 Å². The van der Waals surface area contributed by atoms with Gasteiger partial charge in [-0.25, -0.2) is 4.98 Å². The van der Waals surface area contributed by atoms with E-state index in [0.717, 1.165) is 17.9 Å². The van der Waals surface area contributed by atoms with Gasteiger partial charge in [0.05, 0.1) is 0 Å². The first-order chi connectivity index (χ1) is 4.70. The van der Waals surface area contributed by atoms with Crippen LogP contribution in [0.5, 0.6) is 0 Å². The lowest BCUT2D eigenvalue weighted by atomic mass is 10.3. The summed E-state index contributed by atoms with van der Waals surface area (Å²) in [6.07, 6.45) is 3.77. The molecule has 0 aliphatic rings. The van der Waals surface area contributed by atoms with E-state index in [-0.39, 0.29) is 0 Å². The number of aromatic nitrogens is 2. The number of imidazole rings is 1. The van der Waals surface area contributed by atoms with Gasteiger partial charge in [-0.05, 0) is 13.8 Å². The Bertz CT molecular complexity index is 235. The van der Waals surface area contributed by atoms with Crippen molar-refractivity contribution in [1.29, 1.82) is 0 Å². The topological polar surface area (TPSA) is 17.8 Å². The highest BCUT2D eigenvalue weighted by Gasteiger charge is 1.94. The minimum absolute atomic E-state index is 0.881. The first kappa shape index (κ1) is 7.06. The van der Waals surface area contributed by atoms with Crippen LogP contribution >= 0.6 is 0 Å². The molecule has 0 N–H and O–H groups in total. The Labute approximate surface area is 61.2 Å². The molecule has 0 fully saturated rings. The van der Waals surface area contributed by atoms with Crippen molar-refractivity contribution in [3.05, 3.63) is 30.4 Å². The van der Waals surface area contributed by atoms with E-state index in [1.54, 1.807) is 6.20 Å². The SMILES string of the molecule is C=C(C)Cn1ccnc1C. The molecule has 2 nitrogen and oxygen atoms in total. The van der Waals surface area contributed by atoms with Gasteiger partial charge in [0, 0.05) is 18.9 Å². The van der Waals surface area contributed by atoms with Gasteiger partial charge in [0.1, 0.15) is 5.82 Å². The van der Waals surface area contributed by atoms with Gasteiger partial charge in [0.15, 0.2) is 0 Å². The first-order valence-electron chi connectivity index (χ1n) is 3.32. The highest BCUT2D eigenvalue weighted by atomic mass is 15.0. The molecule has 0 aromatic carbocycles. The van der Waals surface area contributed by atoms with Crippen LogP contribution in [0, 0.1) is 6.92 Å². The van der Waals surface area contributed by atoms with E-state index in [0.29, 0.717) is 0 Å². The van der Waals surface area contributed by atoms with E-state index < -0.39 is 0 Å². The van der Waals surface area contributed by atoms with Gasteiger partial charge in [0.2, 0.25) is 0 Å². The summed E-state index contributed by atoms with van der Waals surface area (Å²) in [5.74, 6) is 1.04. The van der Waals surface area contributed by atoms with Crippen LogP contribution in [0.1, 0.15) is 12.7 Å². The molecular weight excluding hydrogens is 124 g/mol. The van der Waals surface area contributed by atoms with Crippen molar-refractivity contribution in [3.63, 3.8) is 0 Å². The second-order valence-electron chi connectivity index (χ2n) is 2.56. The van der Waals surface area contributed by atoms with Gasteiger partial charge in [-0.1, -0.05) is 12.2 Å². The Kier molecular flexibility index (Phi) is 1.90. The summed E-state index contributed by atoms with van der Waals surface area (Å²) in [5.41, 5.74) is 1.15. The van der Waals surface area contributed by atoms with Crippen molar-refractivity contribution < 1.29 is 0 Å². The smallest absolute Gasteiger partial charge is 0.105 e. The van der Waals surface area contributed by atoms with Gasteiger partial charge in [-0.3, -0.25) is 0 Å². The van der Waals surface area contributed by atoms with E-state index in [9.17, 15) is 0 Å². The summed E-state index contributed by atoms with van der Waals surface area (Å²) in [6, 6.07) is 0. The Hall–Kier alpha value is -1.05. The molecule has 0 radical (unpaired) electrons. The van der Waals surface area contributed by atoms with E-state index in [2.05, 4.69) is 16.1 Å². The lowest BCUT2D eigenvalue weighted by Crippen LogP contribution is -1.98. The highest BCUT2D eigenvalue weighted by molar-refractivity contribution is 4.96. The molecule has 0 atom stereocenters. The first-order valence-corrected chi connectivity index (χ1v) is 3.32. The number of allylic oxidation sites excluding steroid dienone is 1. The fourth-order valence-corrected chi connectivity index (χ4v) is 0.862. The zero-order valence-corrected chi connectivity index (χ0v) is 6.46. The maximum absolute atomic E-state index is 4.09. The summed E-state index contributed by atoms with van der Waals surface area (Å²) >= 11 is 0. The van der Waals surface area contributed by atoms with E-state index in [1.165, 1.54) is 0 Å². The quantitative estimate of drug-likeness (QED) is 0.566. The van der Waals surface area contributed by atoms with Crippen molar-refractivity contribution in [2.45, 2.75) is 20.4 Å². The predicted octanol–water partition coefficient (Wildman–Crippen LogP) is 1.77. The third-order valence-electron chi connectivity index (χ3n) is 1.36. The number of hydrogen-bond donors (Lipinski definition) is 0. The molecule has 1 heterocycles. The van der Waals surface area contributed by atoms with Crippen LogP contribution in [0.25, 0.3) is 0 Å². The zero-order chi connectivity index (χ0) is 7.56. The molecule has 0 aliphatic heterocycles. The van der Waals surface area contributed by atoms with Crippen molar-refractivity contribution in [2.75, 3.05) is 0 Å². The fourth-order valence-electron chi connectivity index (χ4n) is 0.862. The summed E-state index contributed by atoms with van der Waals surface area (Å²) in [4.78, 5) is 4.09. The number of aryl methyl sites for hydroxylation is 1. The Morgan fingerprint density at radius 2 is 2.50 bits per heavy atom. The molecule has 2 heteroatoms. The fraction of sp³-hybridized carbons (Fsp3) is 0.375. The third-order valence-corrected chi connectivity index (χ3v) is 1.36. The molecule has 0 amide bonds.